The highest BCUT2D eigenvalue weighted by atomic mass is 32.2. The Morgan fingerprint density at radius 1 is 1.19 bits per heavy atom. The lowest BCUT2D eigenvalue weighted by Crippen LogP contribution is -2.41. The van der Waals surface area contributed by atoms with Crippen LogP contribution in [0, 0.1) is 5.41 Å². The number of nitrogens with zero attached hydrogens (tertiary/aromatic N) is 1. The molecule has 0 unspecified atom stereocenters. The second kappa shape index (κ2) is 7.57. The fraction of sp³-hybridized carbons (Fsp3) is 1.00. The Morgan fingerprint density at radius 2 is 1.81 bits per heavy atom. The third-order valence-corrected chi connectivity index (χ3v) is 4.47. The molecule has 1 rings (SSSR count). The summed E-state index contributed by atoms with van der Waals surface area (Å²) in [6, 6.07) is 0. The lowest BCUT2D eigenvalue weighted by Gasteiger charge is -2.35. The Balaban J connectivity index is 2.43. The Morgan fingerprint density at radius 3 is 2.31 bits per heavy atom. The predicted octanol–water partition coefficient (Wildman–Crippen LogP) is 2.58. The molecule has 1 saturated carbocycles. The normalized spacial score (nSPS) is 21.0. The smallest absolute Gasteiger partial charge is 0.00694 e. The standard InChI is InChI=1S/C13H28N2S/c1-15(9-10-16-2)12-13(11-14)7-5-3-4-6-8-13/h3-12,14H2,1-2H3. The van der Waals surface area contributed by atoms with Crippen molar-refractivity contribution in [3.8, 4) is 0 Å². The third-order valence-electron chi connectivity index (χ3n) is 3.88. The zero-order valence-electron chi connectivity index (χ0n) is 11.0. The van der Waals surface area contributed by atoms with Crippen LogP contribution in [0.4, 0.5) is 0 Å². The molecule has 0 bridgehead atoms. The van der Waals surface area contributed by atoms with Crippen LogP contribution in [0.5, 0.6) is 0 Å². The third kappa shape index (κ3) is 4.64. The zero-order valence-corrected chi connectivity index (χ0v) is 11.8. The van der Waals surface area contributed by atoms with Gasteiger partial charge in [0.1, 0.15) is 0 Å². The molecule has 1 aliphatic carbocycles. The summed E-state index contributed by atoms with van der Waals surface area (Å²) in [6.07, 6.45) is 10.5. The number of nitrogens with two attached hydrogens (primary N) is 1. The fourth-order valence-electron chi connectivity index (χ4n) is 2.80. The maximum absolute atomic E-state index is 6.05. The summed E-state index contributed by atoms with van der Waals surface area (Å²) in [7, 11) is 2.25. The minimum atomic E-state index is 0.420. The van der Waals surface area contributed by atoms with Crippen LogP contribution in [-0.2, 0) is 0 Å². The summed E-state index contributed by atoms with van der Waals surface area (Å²) in [4.78, 5) is 2.48. The molecule has 0 aromatic heterocycles. The van der Waals surface area contributed by atoms with E-state index in [4.69, 9.17) is 5.73 Å². The molecule has 0 amide bonds. The lowest BCUT2D eigenvalue weighted by atomic mass is 9.80. The number of thioether (sulfide) groups is 1. The van der Waals surface area contributed by atoms with E-state index in [2.05, 4.69) is 18.2 Å². The highest BCUT2D eigenvalue weighted by molar-refractivity contribution is 7.98. The molecule has 16 heavy (non-hydrogen) atoms. The van der Waals surface area contributed by atoms with Crippen molar-refractivity contribution in [2.45, 2.75) is 38.5 Å². The maximum atomic E-state index is 6.05. The van der Waals surface area contributed by atoms with Crippen LogP contribution in [0.1, 0.15) is 38.5 Å². The van der Waals surface area contributed by atoms with Gasteiger partial charge in [-0.1, -0.05) is 25.7 Å². The van der Waals surface area contributed by atoms with Crippen LogP contribution in [0.15, 0.2) is 0 Å². The summed E-state index contributed by atoms with van der Waals surface area (Å²) >= 11 is 1.93. The first-order chi connectivity index (χ1) is 7.72. The second-order valence-electron chi connectivity index (χ2n) is 5.35. The second-order valence-corrected chi connectivity index (χ2v) is 6.33. The summed E-state index contributed by atoms with van der Waals surface area (Å²) in [5, 5.41) is 0. The maximum Gasteiger partial charge on any atom is 0.00694 e. The first-order valence-corrected chi connectivity index (χ1v) is 7.99. The van der Waals surface area contributed by atoms with Gasteiger partial charge < -0.3 is 10.6 Å². The van der Waals surface area contributed by atoms with Crippen LogP contribution in [0.25, 0.3) is 0 Å². The van der Waals surface area contributed by atoms with Gasteiger partial charge in [-0.05, 0) is 38.1 Å². The van der Waals surface area contributed by atoms with Crippen molar-refractivity contribution in [2.24, 2.45) is 11.1 Å². The van der Waals surface area contributed by atoms with Crippen LogP contribution in [0.2, 0.25) is 0 Å². The topological polar surface area (TPSA) is 29.3 Å². The van der Waals surface area contributed by atoms with E-state index >= 15 is 0 Å². The fourth-order valence-corrected chi connectivity index (χ4v) is 3.30. The Kier molecular flexibility index (Phi) is 6.78. The largest absolute Gasteiger partial charge is 0.330 e. The van der Waals surface area contributed by atoms with E-state index in [9.17, 15) is 0 Å². The molecular weight excluding hydrogens is 216 g/mol. The summed E-state index contributed by atoms with van der Waals surface area (Å²) < 4.78 is 0. The molecule has 0 aromatic carbocycles. The van der Waals surface area contributed by atoms with E-state index in [1.54, 1.807) is 0 Å². The van der Waals surface area contributed by atoms with Gasteiger partial charge in [0.2, 0.25) is 0 Å². The van der Waals surface area contributed by atoms with Gasteiger partial charge in [0.25, 0.3) is 0 Å². The van der Waals surface area contributed by atoms with Gasteiger partial charge in [0.15, 0.2) is 0 Å². The Hall–Kier alpha value is 0.270. The number of hydrogen-bond acceptors (Lipinski definition) is 3. The van der Waals surface area contributed by atoms with E-state index in [1.807, 2.05) is 11.8 Å². The van der Waals surface area contributed by atoms with Crippen LogP contribution < -0.4 is 5.73 Å². The van der Waals surface area contributed by atoms with E-state index in [0.717, 1.165) is 6.54 Å². The number of hydrogen-bond donors (Lipinski definition) is 1. The predicted molar refractivity (Wildman–Crippen MR) is 75.1 cm³/mol. The van der Waals surface area contributed by atoms with Crippen molar-refractivity contribution in [1.82, 2.24) is 4.90 Å². The van der Waals surface area contributed by atoms with Gasteiger partial charge in [0, 0.05) is 18.8 Å². The molecule has 3 heteroatoms. The van der Waals surface area contributed by atoms with Gasteiger partial charge in [-0.25, -0.2) is 0 Å². The first-order valence-electron chi connectivity index (χ1n) is 6.60. The van der Waals surface area contributed by atoms with E-state index in [-0.39, 0.29) is 0 Å². The van der Waals surface area contributed by atoms with Gasteiger partial charge >= 0.3 is 0 Å². The van der Waals surface area contributed by atoms with Crippen molar-refractivity contribution in [2.75, 3.05) is 38.7 Å². The monoisotopic (exact) mass is 244 g/mol. The lowest BCUT2D eigenvalue weighted by molar-refractivity contribution is 0.163. The molecule has 1 fully saturated rings. The summed E-state index contributed by atoms with van der Waals surface area (Å²) in [5.74, 6) is 1.23. The van der Waals surface area contributed by atoms with Crippen molar-refractivity contribution in [3.63, 3.8) is 0 Å². The SMILES string of the molecule is CSCCN(C)CC1(CN)CCCCCC1. The van der Waals surface area contributed by atoms with E-state index in [0.29, 0.717) is 5.41 Å². The summed E-state index contributed by atoms with van der Waals surface area (Å²) in [6.45, 7) is 3.27. The highest BCUT2D eigenvalue weighted by Gasteiger charge is 2.30. The molecular formula is C13H28N2S. The molecule has 0 saturated heterocycles. The average Bonchev–Trinajstić information content (AvgIpc) is 2.52. The molecule has 0 radical (unpaired) electrons. The summed E-state index contributed by atoms with van der Waals surface area (Å²) in [5.41, 5.74) is 6.47. The van der Waals surface area contributed by atoms with Crippen LogP contribution in [0.3, 0.4) is 0 Å². The minimum absolute atomic E-state index is 0.420. The number of rotatable bonds is 6. The first kappa shape index (κ1) is 14.3. The molecule has 2 N–H and O–H groups in total. The van der Waals surface area contributed by atoms with Gasteiger partial charge in [0.05, 0.1) is 0 Å². The van der Waals surface area contributed by atoms with Crippen molar-refractivity contribution in [3.05, 3.63) is 0 Å². The molecule has 0 aliphatic heterocycles. The molecule has 0 atom stereocenters. The molecule has 1 aliphatic rings. The van der Waals surface area contributed by atoms with Gasteiger partial charge in [-0.2, -0.15) is 11.8 Å². The van der Waals surface area contributed by atoms with Gasteiger partial charge in [-0.15, -0.1) is 0 Å². The molecule has 0 spiro atoms. The molecule has 2 nitrogen and oxygen atoms in total. The Bertz CT molecular complexity index is 177. The van der Waals surface area contributed by atoms with Gasteiger partial charge in [-0.3, -0.25) is 0 Å². The average molecular weight is 244 g/mol. The van der Waals surface area contributed by atoms with Crippen molar-refractivity contribution < 1.29 is 0 Å². The molecule has 0 aromatic rings. The molecule has 96 valence electrons. The van der Waals surface area contributed by atoms with E-state index in [1.165, 1.54) is 57.4 Å². The molecule has 0 heterocycles. The van der Waals surface area contributed by atoms with Crippen LogP contribution in [-0.4, -0.2) is 43.6 Å². The Labute approximate surface area is 105 Å². The quantitative estimate of drug-likeness (QED) is 0.728. The van der Waals surface area contributed by atoms with Crippen molar-refractivity contribution in [1.29, 1.82) is 0 Å². The van der Waals surface area contributed by atoms with Crippen molar-refractivity contribution >= 4 is 11.8 Å². The zero-order chi connectivity index (χ0) is 11.9. The highest BCUT2D eigenvalue weighted by Crippen LogP contribution is 2.34. The minimum Gasteiger partial charge on any atom is -0.330 e. The van der Waals surface area contributed by atoms with Crippen LogP contribution >= 0.6 is 11.8 Å². The van der Waals surface area contributed by atoms with E-state index < -0.39 is 0 Å².